The monoisotopic (exact) mass is 401 g/mol. The van der Waals surface area contributed by atoms with Crippen molar-refractivity contribution in [1.82, 2.24) is 29.8 Å². The molecule has 0 aromatic carbocycles. The normalized spacial score (nSPS) is 14.8. The highest BCUT2D eigenvalue weighted by atomic mass is 16.5. The van der Waals surface area contributed by atoms with Crippen molar-refractivity contribution in [3.05, 3.63) is 55.2 Å². The van der Waals surface area contributed by atoms with Gasteiger partial charge in [-0.1, -0.05) is 0 Å². The SMILES string of the molecule is c1cc(-c2cnc3[nH]cc(-c4ccc(NCCN5CCOCC5)nc4)c3n2)ccn1. The van der Waals surface area contributed by atoms with Gasteiger partial charge in [0.2, 0.25) is 0 Å². The van der Waals surface area contributed by atoms with Crippen molar-refractivity contribution >= 4 is 17.0 Å². The van der Waals surface area contributed by atoms with Crippen LogP contribution in [0.5, 0.6) is 0 Å². The Hall–Kier alpha value is -3.36. The molecule has 0 saturated carbocycles. The molecule has 0 amide bonds. The van der Waals surface area contributed by atoms with Crippen LogP contribution in [0.1, 0.15) is 0 Å². The van der Waals surface area contributed by atoms with Gasteiger partial charge in [0.25, 0.3) is 0 Å². The van der Waals surface area contributed by atoms with Gasteiger partial charge in [-0.3, -0.25) is 9.88 Å². The van der Waals surface area contributed by atoms with Crippen LogP contribution in [0.4, 0.5) is 5.82 Å². The molecule has 0 radical (unpaired) electrons. The van der Waals surface area contributed by atoms with Crippen LogP contribution < -0.4 is 5.32 Å². The zero-order valence-corrected chi connectivity index (χ0v) is 16.6. The number of anilines is 1. The Labute approximate surface area is 174 Å². The molecule has 1 aliphatic rings. The first-order chi connectivity index (χ1) is 14.9. The largest absolute Gasteiger partial charge is 0.379 e. The first kappa shape index (κ1) is 18.7. The first-order valence-corrected chi connectivity index (χ1v) is 10.1. The fourth-order valence-corrected chi connectivity index (χ4v) is 3.60. The van der Waals surface area contributed by atoms with Gasteiger partial charge in [-0.15, -0.1) is 0 Å². The lowest BCUT2D eigenvalue weighted by molar-refractivity contribution is 0.0398. The molecule has 1 saturated heterocycles. The minimum absolute atomic E-state index is 0.760. The number of hydrogen-bond acceptors (Lipinski definition) is 7. The van der Waals surface area contributed by atoms with Crippen molar-refractivity contribution in [1.29, 1.82) is 0 Å². The Bertz CT molecular complexity index is 1110. The van der Waals surface area contributed by atoms with Crippen LogP contribution in [0.2, 0.25) is 0 Å². The minimum Gasteiger partial charge on any atom is -0.379 e. The third-order valence-corrected chi connectivity index (χ3v) is 5.27. The lowest BCUT2D eigenvalue weighted by Gasteiger charge is -2.26. The van der Waals surface area contributed by atoms with Gasteiger partial charge in [-0.05, 0) is 24.3 Å². The predicted octanol–water partition coefficient (Wildman–Crippen LogP) is 2.83. The quantitative estimate of drug-likeness (QED) is 0.513. The molecule has 0 aliphatic carbocycles. The number of pyridine rings is 2. The van der Waals surface area contributed by atoms with Gasteiger partial charge < -0.3 is 15.0 Å². The summed E-state index contributed by atoms with van der Waals surface area (Å²) in [4.78, 5) is 23.6. The number of morpholine rings is 1. The molecule has 5 rings (SSSR count). The lowest BCUT2D eigenvalue weighted by atomic mass is 10.1. The number of aromatic nitrogens is 5. The van der Waals surface area contributed by atoms with Gasteiger partial charge in [0.05, 0.1) is 25.1 Å². The van der Waals surface area contributed by atoms with E-state index in [1.54, 1.807) is 18.6 Å². The third-order valence-electron chi connectivity index (χ3n) is 5.27. The zero-order chi connectivity index (χ0) is 20.2. The number of ether oxygens (including phenoxy) is 1. The molecule has 0 spiro atoms. The standard InChI is InChI=1S/C22H23N7O/c1-2-20(24-7-8-29-9-11-30-12-10-29)25-13-17(1)18-14-26-22-21(18)28-19(15-27-22)16-3-5-23-6-4-16/h1-6,13-15H,7-12H2,(H,24,25)(H,26,27). The Kier molecular flexibility index (Phi) is 5.32. The summed E-state index contributed by atoms with van der Waals surface area (Å²) < 4.78 is 5.39. The number of fused-ring (bicyclic) bond motifs is 1. The van der Waals surface area contributed by atoms with E-state index in [2.05, 4.69) is 36.2 Å². The molecule has 152 valence electrons. The lowest BCUT2D eigenvalue weighted by Crippen LogP contribution is -2.39. The van der Waals surface area contributed by atoms with Gasteiger partial charge in [-0.2, -0.15) is 0 Å². The van der Waals surface area contributed by atoms with E-state index in [-0.39, 0.29) is 0 Å². The highest BCUT2D eigenvalue weighted by Crippen LogP contribution is 2.28. The van der Waals surface area contributed by atoms with Gasteiger partial charge in [0.1, 0.15) is 11.3 Å². The smallest absolute Gasteiger partial charge is 0.156 e. The summed E-state index contributed by atoms with van der Waals surface area (Å²) in [5, 5.41) is 3.40. The van der Waals surface area contributed by atoms with Crippen molar-refractivity contribution in [2.75, 3.05) is 44.7 Å². The van der Waals surface area contributed by atoms with E-state index in [1.807, 2.05) is 30.6 Å². The van der Waals surface area contributed by atoms with Crippen molar-refractivity contribution in [3.8, 4) is 22.4 Å². The Morgan fingerprint density at radius 2 is 1.87 bits per heavy atom. The van der Waals surface area contributed by atoms with Gasteiger partial charge in [0.15, 0.2) is 5.65 Å². The highest BCUT2D eigenvalue weighted by molar-refractivity contribution is 5.91. The summed E-state index contributed by atoms with van der Waals surface area (Å²) in [6.07, 6.45) is 9.10. The van der Waals surface area contributed by atoms with E-state index in [1.165, 1.54) is 0 Å². The summed E-state index contributed by atoms with van der Waals surface area (Å²) in [7, 11) is 0. The first-order valence-electron chi connectivity index (χ1n) is 10.1. The molecule has 4 aromatic rings. The fraction of sp³-hybridized carbons (Fsp3) is 0.273. The van der Waals surface area contributed by atoms with Crippen LogP contribution in [-0.2, 0) is 4.74 Å². The summed E-state index contributed by atoms with van der Waals surface area (Å²) in [5.41, 5.74) is 5.39. The molecule has 8 heteroatoms. The number of rotatable bonds is 6. The maximum Gasteiger partial charge on any atom is 0.156 e. The molecular formula is C22H23N7O. The van der Waals surface area contributed by atoms with Crippen LogP contribution in [0.3, 0.4) is 0 Å². The molecule has 4 aromatic heterocycles. The van der Waals surface area contributed by atoms with Gasteiger partial charge >= 0.3 is 0 Å². The average molecular weight is 401 g/mol. The van der Waals surface area contributed by atoms with E-state index in [4.69, 9.17) is 9.72 Å². The van der Waals surface area contributed by atoms with Crippen LogP contribution in [0.25, 0.3) is 33.5 Å². The van der Waals surface area contributed by atoms with Crippen LogP contribution in [-0.4, -0.2) is 69.2 Å². The molecule has 1 fully saturated rings. The maximum atomic E-state index is 5.39. The molecule has 0 bridgehead atoms. The Morgan fingerprint density at radius 1 is 1.00 bits per heavy atom. The van der Waals surface area contributed by atoms with E-state index < -0.39 is 0 Å². The van der Waals surface area contributed by atoms with Crippen LogP contribution in [0.15, 0.2) is 55.2 Å². The molecule has 5 heterocycles. The summed E-state index contributed by atoms with van der Waals surface area (Å²) in [5.74, 6) is 0.871. The second kappa shape index (κ2) is 8.56. The van der Waals surface area contributed by atoms with E-state index in [0.29, 0.717) is 0 Å². The Morgan fingerprint density at radius 3 is 2.67 bits per heavy atom. The summed E-state index contributed by atoms with van der Waals surface area (Å²) >= 11 is 0. The van der Waals surface area contributed by atoms with Gasteiger partial charge in [0, 0.05) is 67.7 Å². The van der Waals surface area contributed by atoms with E-state index >= 15 is 0 Å². The number of aromatic amines is 1. The minimum atomic E-state index is 0.760. The van der Waals surface area contributed by atoms with Gasteiger partial charge in [-0.25, -0.2) is 15.0 Å². The van der Waals surface area contributed by atoms with Crippen LogP contribution >= 0.6 is 0 Å². The molecule has 2 N–H and O–H groups in total. The van der Waals surface area contributed by atoms with Crippen molar-refractivity contribution in [3.63, 3.8) is 0 Å². The molecular weight excluding hydrogens is 378 g/mol. The third kappa shape index (κ3) is 4.00. The van der Waals surface area contributed by atoms with Crippen LogP contribution in [0, 0.1) is 0 Å². The topological polar surface area (TPSA) is 91.9 Å². The molecule has 0 unspecified atom stereocenters. The summed E-state index contributed by atoms with van der Waals surface area (Å²) in [6, 6.07) is 7.93. The molecule has 8 nitrogen and oxygen atoms in total. The van der Waals surface area contributed by atoms with E-state index in [9.17, 15) is 0 Å². The van der Waals surface area contributed by atoms with Crippen molar-refractivity contribution < 1.29 is 4.74 Å². The number of nitrogens with zero attached hydrogens (tertiary/aromatic N) is 5. The number of H-pyrrole nitrogens is 1. The summed E-state index contributed by atoms with van der Waals surface area (Å²) in [6.45, 7) is 5.49. The molecule has 30 heavy (non-hydrogen) atoms. The highest BCUT2D eigenvalue weighted by Gasteiger charge is 2.12. The van der Waals surface area contributed by atoms with Crippen molar-refractivity contribution in [2.45, 2.75) is 0 Å². The molecule has 0 atom stereocenters. The number of nitrogens with one attached hydrogen (secondary N) is 2. The van der Waals surface area contributed by atoms with Crippen molar-refractivity contribution in [2.24, 2.45) is 0 Å². The maximum absolute atomic E-state index is 5.39. The zero-order valence-electron chi connectivity index (χ0n) is 16.6. The predicted molar refractivity (Wildman–Crippen MR) is 116 cm³/mol. The average Bonchev–Trinajstić information content (AvgIpc) is 3.24. The van der Waals surface area contributed by atoms with E-state index in [0.717, 1.165) is 78.8 Å². The fourth-order valence-electron chi connectivity index (χ4n) is 3.60. The molecule has 1 aliphatic heterocycles. The second-order valence-electron chi connectivity index (χ2n) is 7.20. The Balaban J connectivity index is 1.31. The number of hydrogen-bond donors (Lipinski definition) is 2. The second-order valence-corrected chi connectivity index (χ2v) is 7.20.